The molecule has 0 bridgehead atoms. The normalized spacial score (nSPS) is 16.1. The minimum atomic E-state index is -3.68. The van der Waals surface area contributed by atoms with Gasteiger partial charge in [0.25, 0.3) is 5.91 Å². The molecule has 1 fully saturated rings. The highest BCUT2D eigenvalue weighted by molar-refractivity contribution is 7.90. The Morgan fingerprint density at radius 2 is 1.58 bits per heavy atom. The van der Waals surface area contributed by atoms with E-state index >= 15 is 0 Å². The van der Waals surface area contributed by atoms with Crippen LogP contribution in [0.15, 0.2) is 52.3 Å². The molecule has 0 aromatic heterocycles. The van der Waals surface area contributed by atoms with Gasteiger partial charge < -0.3 is 10.1 Å². The first kappa shape index (κ1) is 23.2. The average Bonchev–Trinajstić information content (AvgIpc) is 3.28. The minimum Gasteiger partial charge on any atom is -0.496 e. The van der Waals surface area contributed by atoms with Crippen LogP contribution in [0.1, 0.15) is 41.7 Å². The van der Waals surface area contributed by atoms with Crippen molar-refractivity contribution in [3.05, 3.63) is 53.6 Å². The van der Waals surface area contributed by atoms with E-state index in [1.807, 2.05) is 0 Å². The van der Waals surface area contributed by atoms with Crippen LogP contribution in [0, 0.1) is 0 Å². The average molecular weight is 467 g/mol. The van der Waals surface area contributed by atoms with Gasteiger partial charge in [-0.3, -0.25) is 4.79 Å². The summed E-state index contributed by atoms with van der Waals surface area (Å²) in [5.74, 6) is -0.229. The van der Waals surface area contributed by atoms with Crippen molar-refractivity contribution in [2.45, 2.75) is 35.6 Å². The third-order valence-corrected chi connectivity index (χ3v) is 8.30. The summed E-state index contributed by atoms with van der Waals surface area (Å²) in [5.41, 5.74) is 0.822. The van der Waals surface area contributed by atoms with Crippen LogP contribution in [0.4, 0.5) is 0 Å². The predicted molar refractivity (Wildman–Crippen MR) is 116 cm³/mol. The molecule has 10 heteroatoms. The van der Waals surface area contributed by atoms with Gasteiger partial charge >= 0.3 is 0 Å². The van der Waals surface area contributed by atoms with E-state index in [1.54, 1.807) is 19.1 Å². The number of carbonyl (C=O) groups excluding carboxylic acids is 1. The zero-order valence-electron chi connectivity index (χ0n) is 17.7. The van der Waals surface area contributed by atoms with E-state index in [9.17, 15) is 21.6 Å². The smallest absolute Gasteiger partial charge is 0.255 e. The summed E-state index contributed by atoms with van der Waals surface area (Å²) >= 11 is 0. The lowest BCUT2D eigenvalue weighted by atomic mass is 10.1. The zero-order chi connectivity index (χ0) is 22.8. The Balaban J connectivity index is 1.85. The Kier molecular flexibility index (Phi) is 6.73. The maximum absolute atomic E-state index is 12.9. The molecule has 2 aromatic carbocycles. The number of nitrogens with one attached hydrogen (secondary N) is 1. The van der Waals surface area contributed by atoms with E-state index in [2.05, 4.69) is 5.32 Å². The summed E-state index contributed by atoms with van der Waals surface area (Å²) in [6.07, 6.45) is 2.76. The first-order valence-electron chi connectivity index (χ1n) is 9.83. The second kappa shape index (κ2) is 8.97. The molecule has 0 spiro atoms. The van der Waals surface area contributed by atoms with E-state index in [0.717, 1.165) is 19.1 Å². The summed E-state index contributed by atoms with van der Waals surface area (Å²) in [6.45, 7) is 2.69. The van der Waals surface area contributed by atoms with Crippen molar-refractivity contribution in [2.24, 2.45) is 0 Å². The third kappa shape index (κ3) is 5.08. The molecule has 0 radical (unpaired) electrons. The largest absolute Gasteiger partial charge is 0.496 e. The van der Waals surface area contributed by atoms with Gasteiger partial charge in [-0.25, -0.2) is 16.8 Å². The molecule has 1 heterocycles. The summed E-state index contributed by atoms with van der Waals surface area (Å²) in [4.78, 5) is 13.2. The molecule has 0 saturated carbocycles. The van der Waals surface area contributed by atoms with Crippen LogP contribution in [0.3, 0.4) is 0 Å². The van der Waals surface area contributed by atoms with Crippen molar-refractivity contribution in [3.8, 4) is 5.75 Å². The second-order valence-electron chi connectivity index (χ2n) is 7.51. The van der Waals surface area contributed by atoms with Crippen LogP contribution < -0.4 is 10.1 Å². The van der Waals surface area contributed by atoms with Gasteiger partial charge in [0.2, 0.25) is 10.0 Å². The summed E-state index contributed by atoms with van der Waals surface area (Å²) in [5, 5.41) is 2.82. The quantitative estimate of drug-likeness (QED) is 0.671. The van der Waals surface area contributed by atoms with E-state index < -0.39 is 31.8 Å². The molecule has 1 N–H and O–H groups in total. The van der Waals surface area contributed by atoms with Gasteiger partial charge in [-0.05, 0) is 55.7 Å². The number of ether oxygens (including phenoxy) is 1. The molecule has 1 amide bonds. The number of methoxy groups -OCH3 is 1. The number of hydrogen-bond acceptors (Lipinski definition) is 6. The van der Waals surface area contributed by atoms with Crippen LogP contribution in [-0.2, 0) is 19.9 Å². The highest BCUT2D eigenvalue weighted by atomic mass is 32.2. The molecular weight excluding hydrogens is 440 g/mol. The van der Waals surface area contributed by atoms with Gasteiger partial charge in [0, 0.05) is 19.3 Å². The molecule has 1 saturated heterocycles. The number of sulfonamides is 1. The van der Waals surface area contributed by atoms with Gasteiger partial charge in [-0.2, -0.15) is 4.31 Å². The number of carbonyl (C=O) groups is 1. The summed E-state index contributed by atoms with van der Waals surface area (Å²) < 4.78 is 55.7. The van der Waals surface area contributed by atoms with Crippen LogP contribution in [0.5, 0.6) is 5.75 Å². The molecule has 2 aromatic rings. The van der Waals surface area contributed by atoms with Crippen LogP contribution >= 0.6 is 0 Å². The first-order valence-corrected chi connectivity index (χ1v) is 13.2. The van der Waals surface area contributed by atoms with E-state index in [4.69, 9.17) is 4.74 Å². The fraction of sp³-hybridized carbons (Fsp3) is 0.381. The summed E-state index contributed by atoms with van der Waals surface area (Å²) in [6, 6.07) is 10.0. The zero-order valence-corrected chi connectivity index (χ0v) is 19.3. The Hall–Kier alpha value is -2.43. The standard InChI is InChI=1S/C21H26N2O6S2/c1-15(16-6-8-17(9-7-16)30(3,25)26)22-21(24)19-14-18(10-11-20(19)29-2)31(27,28)23-12-4-5-13-23/h6-11,14-15H,4-5,12-13H2,1-3H3,(H,22,24). The lowest BCUT2D eigenvalue weighted by molar-refractivity contribution is 0.0936. The molecule has 0 aliphatic carbocycles. The van der Waals surface area contributed by atoms with Crippen LogP contribution in [-0.4, -0.2) is 53.5 Å². The molecule has 3 rings (SSSR count). The molecule has 1 atom stereocenters. The monoisotopic (exact) mass is 466 g/mol. The maximum atomic E-state index is 12.9. The van der Waals surface area contributed by atoms with Crippen molar-refractivity contribution >= 4 is 25.8 Å². The number of hydrogen-bond donors (Lipinski definition) is 1. The van der Waals surface area contributed by atoms with Crippen molar-refractivity contribution in [1.82, 2.24) is 9.62 Å². The minimum absolute atomic E-state index is 0.0468. The number of sulfone groups is 1. The highest BCUT2D eigenvalue weighted by Crippen LogP contribution is 2.27. The molecule has 1 aliphatic heterocycles. The number of nitrogens with zero attached hydrogens (tertiary/aromatic N) is 1. The molecule has 168 valence electrons. The van der Waals surface area contributed by atoms with Crippen molar-refractivity contribution < 1.29 is 26.4 Å². The van der Waals surface area contributed by atoms with Crippen molar-refractivity contribution in [3.63, 3.8) is 0 Å². The molecular formula is C21H26N2O6S2. The summed E-state index contributed by atoms with van der Waals surface area (Å²) in [7, 11) is -5.58. The fourth-order valence-corrected chi connectivity index (χ4v) is 5.64. The lowest BCUT2D eigenvalue weighted by Gasteiger charge is -2.19. The number of rotatable bonds is 7. The first-order chi connectivity index (χ1) is 14.5. The Morgan fingerprint density at radius 1 is 1.00 bits per heavy atom. The molecule has 1 aliphatic rings. The maximum Gasteiger partial charge on any atom is 0.255 e. The number of benzene rings is 2. The van der Waals surface area contributed by atoms with Crippen molar-refractivity contribution in [2.75, 3.05) is 26.5 Å². The van der Waals surface area contributed by atoms with Gasteiger partial charge in [0.05, 0.1) is 28.5 Å². The van der Waals surface area contributed by atoms with Crippen molar-refractivity contribution in [1.29, 1.82) is 0 Å². The Bertz CT molecular complexity index is 1170. The Labute approximate surface area is 183 Å². The van der Waals surface area contributed by atoms with Gasteiger partial charge in [0.15, 0.2) is 9.84 Å². The van der Waals surface area contributed by atoms with Crippen LogP contribution in [0.2, 0.25) is 0 Å². The topological polar surface area (TPSA) is 110 Å². The van der Waals surface area contributed by atoms with Gasteiger partial charge in [0.1, 0.15) is 5.75 Å². The number of amides is 1. The van der Waals surface area contributed by atoms with E-state index in [1.165, 1.54) is 41.7 Å². The molecule has 1 unspecified atom stereocenters. The van der Waals surface area contributed by atoms with Crippen LogP contribution in [0.25, 0.3) is 0 Å². The second-order valence-corrected chi connectivity index (χ2v) is 11.5. The predicted octanol–water partition coefficient (Wildman–Crippen LogP) is 2.37. The highest BCUT2D eigenvalue weighted by Gasteiger charge is 2.29. The lowest BCUT2D eigenvalue weighted by Crippen LogP contribution is -2.29. The van der Waals surface area contributed by atoms with Gasteiger partial charge in [-0.15, -0.1) is 0 Å². The van der Waals surface area contributed by atoms with E-state index in [-0.39, 0.29) is 21.1 Å². The SMILES string of the molecule is COc1ccc(S(=O)(=O)N2CCCC2)cc1C(=O)NC(C)c1ccc(S(C)(=O)=O)cc1. The van der Waals surface area contributed by atoms with E-state index in [0.29, 0.717) is 18.7 Å². The fourth-order valence-electron chi connectivity index (χ4n) is 3.46. The van der Waals surface area contributed by atoms with Gasteiger partial charge in [-0.1, -0.05) is 12.1 Å². The molecule has 31 heavy (non-hydrogen) atoms. The third-order valence-electron chi connectivity index (χ3n) is 5.27. The Morgan fingerprint density at radius 3 is 2.13 bits per heavy atom. The molecule has 8 nitrogen and oxygen atoms in total.